The van der Waals surface area contributed by atoms with Crippen molar-refractivity contribution in [3.8, 4) is 0 Å². The topological polar surface area (TPSA) is 613 Å². The van der Waals surface area contributed by atoms with E-state index in [2.05, 4.69) is 58.2 Å². The Morgan fingerprint density at radius 3 is 1.74 bits per heavy atom. The molecule has 42 heteroatoms. The number of guanidine groups is 1. The number of aliphatic hydroxyl groups excluding tert-OH is 4. The van der Waals surface area contributed by atoms with E-state index in [0.717, 1.165) is 26.2 Å². The molecule has 2 aromatic carbocycles. The summed E-state index contributed by atoms with van der Waals surface area (Å²) in [5, 5.41) is 79.6. The number of aromatic nitrogens is 1. The van der Waals surface area contributed by atoms with E-state index in [1.165, 1.54) is 54.9 Å². The number of carbonyl (C=O) groups excluding carboxylic acids is 14. The number of nitrogens with zero attached hydrogens (tertiary/aromatic N) is 2. The van der Waals surface area contributed by atoms with Crippen LogP contribution >= 0.6 is 0 Å². The first-order valence-corrected chi connectivity index (χ1v) is 39.3. The van der Waals surface area contributed by atoms with Gasteiger partial charge in [0, 0.05) is 24.5 Å². The third-order valence-electron chi connectivity index (χ3n) is 19.0. The SMILES string of the molecule is CC[C@H](C)[C@@H]1NC(=O)[C@@H](CCCN=C(N)N)NC(=O)[C@H](CC(C)C)NC(=O)[C@H]([C@H](O)C(C)C)NC(=O)[C@@H](NC(=O)[C@H](Cc2cn(C(=O)OC(C)(C)C)c3ccccc23)NC(=O)[C@H](CC2CCCCC2)NC(=O)OC(C)(C)C)[C@@H](c2ccccc2)OC(=O)[C@H](CO)NC(=O)[C@H]([C@H](O)C(N)=O)NC(=O)CNC(=O)[C@H]([C@H](C)O)NC1=O.O=C(O)C(F)(F)F. The van der Waals surface area contributed by atoms with Gasteiger partial charge in [-0.25, -0.2) is 19.2 Å². The van der Waals surface area contributed by atoms with Gasteiger partial charge in [0.2, 0.25) is 65.0 Å². The van der Waals surface area contributed by atoms with Crippen molar-refractivity contribution < 1.29 is 125 Å². The fourth-order valence-corrected chi connectivity index (χ4v) is 12.7. The second-order valence-electron chi connectivity index (χ2n) is 32.2. The number of rotatable bonds is 24. The molecular weight excluding hydrogens is 1590 g/mol. The highest BCUT2D eigenvalue weighted by Crippen LogP contribution is 2.30. The second kappa shape index (κ2) is 46.3. The number of primary amides is 1. The van der Waals surface area contributed by atoms with Gasteiger partial charge < -0.3 is 115 Å². The lowest BCUT2D eigenvalue weighted by atomic mass is 9.84. The van der Waals surface area contributed by atoms with Gasteiger partial charge in [0.15, 0.2) is 24.2 Å². The first-order valence-electron chi connectivity index (χ1n) is 39.3. The molecule has 1 aliphatic heterocycles. The summed E-state index contributed by atoms with van der Waals surface area (Å²) in [5.41, 5.74) is 14.9. The van der Waals surface area contributed by atoms with Gasteiger partial charge in [-0.05, 0) is 115 Å². The summed E-state index contributed by atoms with van der Waals surface area (Å²) < 4.78 is 50.4. The molecule has 2 aliphatic rings. The van der Waals surface area contributed by atoms with Gasteiger partial charge in [-0.15, -0.1) is 0 Å². The number of aliphatic hydroxyl groups is 4. The van der Waals surface area contributed by atoms with Crippen LogP contribution in [-0.4, -0.2) is 241 Å². The number of alkyl carbamates (subject to hydrolysis) is 1. The van der Waals surface area contributed by atoms with Gasteiger partial charge in [0.25, 0.3) is 0 Å². The summed E-state index contributed by atoms with van der Waals surface area (Å²) in [7, 11) is 0. The number of carboxylic acids is 1. The number of nitrogens with two attached hydrogens (primary N) is 3. The first-order chi connectivity index (χ1) is 55.9. The van der Waals surface area contributed by atoms with Crippen LogP contribution in [0, 0.1) is 23.7 Å². The van der Waals surface area contributed by atoms with Crippen LogP contribution in [0.2, 0.25) is 0 Å². The van der Waals surface area contributed by atoms with Crippen LogP contribution in [0.25, 0.3) is 10.9 Å². The predicted molar refractivity (Wildman–Crippen MR) is 425 cm³/mol. The van der Waals surface area contributed by atoms with Gasteiger partial charge >= 0.3 is 30.3 Å². The van der Waals surface area contributed by atoms with E-state index in [1.54, 1.807) is 93.5 Å². The van der Waals surface area contributed by atoms with Crippen molar-refractivity contribution in [1.82, 2.24) is 63.1 Å². The third kappa shape index (κ3) is 32.5. The zero-order valence-electron chi connectivity index (χ0n) is 69.4. The lowest BCUT2D eigenvalue weighted by Crippen LogP contribution is -2.64. The number of cyclic esters (lactones) is 1. The summed E-state index contributed by atoms with van der Waals surface area (Å²) in [6.45, 7) is 17.7. The molecule has 120 heavy (non-hydrogen) atoms. The molecule has 2 heterocycles. The smallest absolute Gasteiger partial charge is 0.475 e. The van der Waals surface area contributed by atoms with Gasteiger partial charge in [-0.1, -0.05) is 129 Å². The number of ether oxygens (including phenoxy) is 3. The second-order valence-corrected chi connectivity index (χ2v) is 32.2. The summed E-state index contributed by atoms with van der Waals surface area (Å²) in [6.07, 6.45) is -10.9. The molecule has 22 N–H and O–H groups in total. The van der Waals surface area contributed by atoms with E-state index in [4.69, 9.17) is 41.3 Å². The molecule has 12 amide bonds. The van der Waals surface area contributed by atoms with Crippen LogP contribution in [0.1, 0.15) is 171 Å². The highest BCUT2D eigenvalue weighted by molar-refractivity contribution is 6.01. The molecule has 5 rings (SSSR count). The molecule has 0 spiro atoms. The fourth-order valence-electron chi connectivity index (χ4n) is 12.7. The lowest BCUT2D eigenvalue weighted by molar-refractivity contribution is -0.192. The molecule has 1 saturated carbocycles. The Balaban J connectivity index is 0.00000412. The number of aliphatic carboxylic acids is 1. The molecule has 1 saturated heterocycles. The zero-order chi connectivity index (χ0) is 90.6. The Morgan fingerprint density at radius 1 is 0.642 bits per heavy atom. The number of fused-ring (bicyclic) bond motifs is 1. The molecule has 668 valence electrons. The Morgan fingerprint density at radius 2 is 1.19 bits per heavy atom. The number of hydrogen-bond donors (Lipinski definition) is 19. The summed E-state index contributed by atoms with van der Waals surface area (Å²) in [5.74, 6) is -20.9. The van der Waals surface area contributed by atoms with Crippen molar-refractivity contribution >= 4 is 106 Å². The summed E-state index contributed by atoms with van der Waals surface area (Å²) >= 11 is 0. The number of amides is 12. The van der Waals surface area contributed by atoms with Gasteiger partial charge in [-0.2, -0.15) is 13.2 Å². The molecule has 39 nitrogen and oxygen atoms in total. The first kappa shape index (κ1) is 101. The van der Waals surface area contributed by atoms with Crippen molar-refractivity contribution in [1.29, 1.82) is 0 Å². The number of benzene rings is 2. The Labute approximate surface area is 691 Å². The molecule has 0 bridgehead atoms. The van der Waals surface area contributed by atoms with E-state index >= 15 is 24.0 Å². The number of carbonyl (C=O) groups is 15. The zero-order valence-corrected chi connectivity index (χ0v) is 69.4. The van der Waals surface area contributed by atoms with Crippen LogP contribution in [-0.2, 0) is 83.0 Å². The maximum Gasteiger partial charge on any atom is 0.490 e. The number of hydrogen-bond acceptors (Lipinski definition) is 23. The van der Waals surface area contributed by atoms with E-state index in [-0.39, 0.29) is 67.2 Å². The Hall–Kier alpha value is -11.3. The minimum atomic E-state index is -5.08. The number of carboxylic acid groups (broad SMARTS) is 1. The number of halogens is 3. The highest BCUT2D eigenvalue weighted by Gasteiger charge is 2.45. The molecule has 0 unspecified atom stereocenters. The average Bonchev–Trinajstić information content (AvgIpc) is 1.62. The summed E-state index contributed by atoms with van der Waals surface area (Å²) in [4.78, 5) is 217. The van der Waals surface area contributed by atoms with Crippen molar-refractivity contribution in [2.24, 2.45) is 45.9 Å². The van der Waals surface area contributed by atoms with Gasteiger partial charge in [0.1, 0.15) is 65.6 Å². The van der Waals surface area contributed by atoms with E-state index in [1.807, 2.05) is 5.32 Å². The quantitative estimate of drug-likeness (QED) is 0.0179. The number of nitrogens with one attached hydrogen (secondary N) is 11. The molecule has 0 radical (unpaired) electrons. The van der Waals surface area contributed by atoms with E-state index < -0.39 is 229 Å². The van der Waals surface area contributed by atoms with Crippen molar-refractivity contribution in [3.05, 3.63) is 71.9 Å². The molecule has 3 aromatic rings. The van der Waals surface area contributed by atoms with E-state index in [9.17, 15) is 76.7 Å². The average molecular weight is 1700 g/mol. The summed E-state index contributed by atoms with van der Waals surface area (Å²) in [6, 6.07) is -5.92. The van der Waals surface area contributed by atoms with Gasteiger partial charge in [-0.3, -0.25) is 62.3 Å². The fraction of sp³-hybridized carbons (Fsp3) is 0.615. The Bertz CT molecular complexity index is 4090. The minimum absolute atomic E-state index is 0.00660. The highest BCUT2D eigenvalue weighted by atomic mass is 19.4. The van der Waals surface area contributed by atoms with Crippen molar-refractivity contribution in [2.45, 2.75) is 263 Å². The van der Waals surface area contributed by atoms with Crippen molar-refractivity contribution in [3.63, 3.8) is 0 Å². The maximum absolute atomic E-state index is 16.1. The standard InChI is InChI=1S/C76H116N16O21.C2HF3O2/c1-14-40(6)53-67(104)89-54(41(7)94)66(103)81-35-52(95)87-56(59(97)61(77)98)69(106)85-50(37-93)71(108)111-60(43-26-19-16-20-27-43)57(70(107)90-55(58(96)39(4)5)68(105)84-47(32-38(2)3)63(100)82-46(62(99)88-53)29-23-31-80-72(78)79)91-65(102)49(34-44-36-92(74(110)113-76(11,12)13)51-30-22-21-28-45(44)51)83-64(101)48(33-42-24-17-15-18-25-42)86-73(109)112-75(8,9)10;3-2(4,5)1(6)7/h16,19-22,26-28,30,36,38-42,46-50,53-60,93-94,96-97H,14-15,17-18,23-25,29,31-35,37H2,1-13H3,(H2,77,98)(H,81,103)(H,82,100)(H,83,101)(H,84,105)(H,85,106)(H,86,109)(H,87,95)(H,88,99)(H,89,104)(H,90,107)(H,91,102)(H4,78,79,80);(H,6,7)/t40-,41-,46+,47-,48-,49-,50-,53-,54-,55-,56-,57-,58+,59-,60+;/m0./s1. The Kier molecular flexibility index (Phi) is 39.0. The lowest BCUT2D eigenvalue weighted by Gasteiger charge is -2.34. The number of esters is 1. The van der Waals surface area contributed by atoms with Crippen LogP contribution in [0.5, 0.6) is 0 Å². The van der Waals surface area contributed by atoms with Crippen LogP contribution in [0.15, 0.2) is 65.8 Å². The van der Waals surface area contributed by atoms with Crippen molar-refractivity contribution in [2.75, 3.05) is 19.7 Å². The molecule has 1 aliphatic carbocycles. The predicted octanol–water partition coefficient (Wildman–Crippen LogP) is -0.377. The van der Waals surface area contributed by atoms with Gasteiger partial charge in [0.05, 0.1) is 30.9 Å². The van der Waals surface area contributed by atoms with Crippen LogP contribution < -0.4 is 75.7 Å². The van der Waals surface area contributed by atoms with Crippen LogP contribution in [0.3, 0.4) is 0 Å². The largest absolute Gasteiger partial charge is 0.490 e. The monoisotopic (exact) mass is 1700 g/mol. The molecular formula is C78H117F3N16O23. The molecule has 1 aromatic heterocycles. The normalized spacial score (nSPS) is 22.5. The van der Waals surface area contributed by atoms with E-state index in [0.29, 0.717) is 18.2 Å². The van der Waals surface area contributed by atoms with Crippen LogP contribution in [0.4, 0.5) is 22.8 Å². The maximum atomic E-state index is 16.1. The number of aliphatic imine (C=N–C) groups is 1. The molecule has 2 fully saturated rings. The molecule has 15 atom stereocenters. The number of alkyl halides is 3. The number of para-hydroxylation sites is 1. The minimum Gasteiger partial charge on any atom is -0.475 e. The third-order valence-corrected chi connectivity index (χ3v) is 19.0.